The third-order valence-electron chi connectivity index (χ3n) is 4.53. The predicted molar refractivity (Wildman–Crippen MR) is 102 cm³/mol. The minimum Gasteiger partial charge on any atom is -0.496 e. The molecule has 0 saturated carbocycles. The van der Waals surface area contributed by atoms with Crippen LogP contribution >= 0.6 is 11.3 Å². The van der Waals surface area contributed by atoms with Gasteiger partial charge in [-0.2, -0.15) is 5.26 Å². The first kappa shape index (κ1) is 18.2. The number of rotatable bonds is 5. The lowest BCUT2D eigenvalue weighted by molar-refractivity contribution is -0.111. The van der Waals surface area contributed by atoms with Gasteiger partial charge in [0, 0.05) is 23.1 Å². The summed E-state index contributed by atoms with van der Waals surface area (Å²) in [5.74, 6) is 0.641. The molecule has 1 aromatic carbocycles. The number of benzene rings is 1. The van der Waals surface area contributed by atoms with E-state index in [1.807, 2.05) is 24.3 Å². The Bertz CT molecular complexity index is 880. The summed E-state index contributed by atoms with van der Waals surface area (Å²) in [4.78, 5) is 13.4. The lowest BCUT2D eigenvalue weighted by atomic mass is 9.88. The molecule has 1 unspecified atom stereocenters. The molecular weight excluding hydrogens is 348 g/mol. The standard InChI is InChI=1S/C20H20N2O3S/c1-25-17-5-3-2-4-14(17)7-9-19(24)22-20-16(11-21)15-8-6-13(12-23)10-18(15)26-20/h2-5,7,9,13,23H,6,8,10,12H2,1H3,(H,22,24)/b9-7+. The van der Waals surface area contributed by atoms with Gasteiger partial charge in [0.05, 0.1) is 12.7 Å². The van der Waals surface area contributed by atoms with Crippen molar-refractivity contribution in [2.45, 2.75) is 19.3 Å². The minimum absolute atomic E-state index is 0.155. The average Bonchev–Trinajstić information content (AvgIpc) is 3.02. The van der Waals surface area contributed by atoms with E-state index in [0.29, 0.717) is 16.3 Å². The number of nitriles is 1. The molecule has 0 fully saturated rings. The summed E-state index contributed by atoms with van der Waals surface area (Å²) in [6, 6.07) is 9.66. The highest BCUT2D eigenvalue weighted by atomic mass is 32.1. The maximum absolute atomic E-state index is 12.3. The summed E-state index contributed by atoms with van der Waals surface area (Å²) in [5, 5.41) is 22.3. The summed E-state index contributed by atoms with van der Waals surface area (Å²) in [5.41, 5.74) is 2.38. The number of hydrogen-bond acceptors (Lipinski definition) is 5. The van der Waals surface area contributed by atoms with E-state index < -0.39 is 0 Å². The molecule has 1 aromatic heterocycles. The van der Waals surface area contributed by atoms with E-state index in [1.54, 1.807) is 13.2 Å². The lowest BCUT2D eigenvalue weighted by Crippen LogP contribution is -2.16. The van der Waals surface area contributed by atoms with Gasteiger partial charge in [-0.15, -0.1) is 11.3 Å². The molecule has 2 N–H and O–H groups in total. The van der Waals surface area contributed by atoms with Crippen molar-refractivity contribution >= 4 is 28.3 Å². The molecule has 0 spiro atoms. The number of fused-ring (bicyclic) bond motifs is 1. The number of methoxy groups -OCH3 is 1. The van der Waals surface area contributed by atoms with Crippen LogP contribution in [0, 0.1) is 17.2 Å². The van der Waals surface area contributed by atoms with Crippen molar-refractivity contribution in [1.29, 1.82) is 5.26 Å². The fraction of sp³-hybridized carbons (Fsp3) is 0.300. The number of hydrogen-bond donors (Lipinski definition) is 2. The number of amides is 1. The molecule has 1 heterocycles. The average molecular weight is 368 g/mol. The first-order valence-corrected chi connectivity index (χ1v) is 9.25. The second-order valence-electron chi connectivity index (χ2n) is 6.18. The number of anilines is 1. The first-order chi connectivity index (χ1) is 12.7. The summed E-state index contributed by atoms with van der Waals surface area (Å²) in [7, 11) is 1.59. The van der Waals surface area contributed by atoms with Crippen LogP contribution in [0.4, 0.5) is 5.00 Å². The van der Waals surface area contributed by atoms with Gasteiger partial charge in [-0.1, -0.05) is 18.2 Å². The molecule has 1 amide bonds. The first-order valence-electron chi connectivity index (χ1n) is 8.43. The second-order valence-corrected chi connectivity index (χ2v) is 7.28. The summed E-state index contributed by atoms with van der Waals surface area (Å²) < 4.78 is 5.26. The van der Waals surface area contributed by atoms with E-state index in [-0.39, 0.29) is 18.4 Å². The van der Waals surface area contributed by atoms with E-state index >= 15 is 0 Å². The van der Waals surface area contributed by atoms with Crippen molar-refractivity contribution < 1.29 is 14.6 Å². The normalized spacial score (nSPS) is 16.1. The van der Waals surface area contributed by atoms with E-state index in [9.17, 15) is 15.2 Å². The molecule has 3 rings (SSSR count). The van der Waals surface area contributed by atoms with Gasteiger partial charge < -0.3 is 15.2 Å². The zero-order valence-corrected chi connectivity index (χ0v) is 15.3. The Morgan fingerprint density at radius 1 is 1.50 bits per heavy atom. The number of ether oxygens (including phenoxy) is 1. The fourth-order valence-corrected chi connectivity index (χ4v) is 4.45. The van der Waals surface area contributed by atoms with E-state index in [2.05, 4.69) is 11.4 Å². The predicted octanol–water partition coefficient (Wildman–Crippen LogP) is 3.38. The highest BCUT2D eigenvalue weighted by molar-refractivity contribution is 7.16. The van der Waals surface area contributed by atoms with E-state index in [0.717, 1.165) is 35.3 Å². The molecule has 0 radical (unpaired) electrons. The molecule has 1 aliphatic rings. The maximum atomic E-state index is 12.3. The molecule has 1 aliphatic carbocycles. The highest BCUT2D eigenvalue weighted by Gasteiger charge is 2.25. The zero-order valence-electron chi connectivity index (χ0n) is 14.5. The van der Waals surface area contributed by atoms with Crippen LogP contribution in [0.5, 0.6) is 5.75 Å². The largest absolute Gasteiger partial charge is 0.496 e. The van der Waals surface area contributed by atoms with E-state index in [1.165, 1.54) is 17.4 Å². The Labute approximate surface area is 156 Å². The fourth-order valence-electron chi connectivity index (χ4n) is 3.14. The molecular formula is C20H20N2O3S. The van der Waals surface area contributed by atoms with Gasteiger partial charge in [0.2, 0.25) is 5.91 Å². The number of carbonyl (C=O) groups is 1. The third-order valence-corrected chi connectivity index (χ3v) is 5.70. The van der Waals surface area contributed by atoms with Crippen molar-refractivity contribution in [3.05, 3.63) is 51.9 Å². The Morgan fingerprint density at radius 2 is 2.31 bits per heavy atom. The summed E-state index contributed by atoms with van der Waals surface area (Å²) in [6.07, 6.45) is 5.53. The lowest BCUT2D eigenvalue weighted by Gasteiger charge is -2.19. The molecule has 26 heavy (non-hydrogen) atoms. The third kappa shape index (κ3) is 3.79. The van der Waals surface area contributed by atoms with Crippen LogP contribution in [0.25, 0.3) is 6.08 Å². The van der Waals surface area contributed by atoms with Gasteiger partial charge in [-0.3, -0.25) is 4.79 Å². The number of para-hydroxylation sites is 1. The maximum Gasteiger partial charge on any atom is 0.249 e. The van der Waals surface area contributed by atoms with Gasteiger partial charge in [-0.25, -0.2) is 0 Å². The topological polar surface area (TPSA) is 82.3 Å². The van der Waals surface area contributed by atoms with Crippen LogP contribution in [0.15, 0.2) is 30.3 Å². The molecule has 0 saturated heterocycles. The van der Waals surface area contributed by atoms with Gasteiger partial charge >= 0.3 is 0 Å². The van der Waals surface area contributed by atoms with Crippen molar-refractivity contribution in [2.75, 3.05) is 19.0 Å². The minimum atomic E-state index is -0.287. The van der Waals surface area contributed by atoms with Crippen molar-refractivity contribution in [3.8, 4) is 11.8 Å². The number of aliphatic hydroxyl groups is 1. The molecule has 0 aliphatic heterocycles. The molecule has 0 bridgehead atoms. The Balaban J connectivity index is 1.77. The number of nitrogens with zero attached hydrogens (tertiary/aromatic N) is 1. The van der Waals surface area contributed by atoms with Crippen LogP contribution in [0.2, 0.25) is 0 Å². The summed E-state index contributed by atoms with van der Waals surface area (Å²) in [6.45, 7) is 0.155. The monoisotopic (exact) mass is 368 g/mol. The second kappa shape index (κ2) is 8.17. The quantitative estimate of drug-likeness (QED) is 0.793. The number of nitrogens with one attached hydrogen (secondary N) is 1. The smallest absolute Gasteiger partial charge is 0.249 e. The van der Waals surface area contributed by atoms with Crippen molar-refractivity contribution in [1.82, 2.24) is 0 Å². The number of carbonyl (C=O) groups excluding carboxylic acids is 1. The van der Waals surface area contributed by atoms with Crippen LogP contribution in [-0.4, -0.2) is 24.7 Å². The van der Waals surface area contributed by atoms with Gasteiger partial charge in [0.1, 0.15) is 16.8 Å². The molecule has 5 nitrogen and oxygen atoms in total. The Morgan fingerprint density at radius 3 is 3.04 bits per heavy atom. The number of thiophene rings is 1. The van der Waals surface area contributed by atoms with Gasteiger partial charge in [0.25, 0.3) is 0 Å². The Hall–Kier alpha value is -2.62. The van der Waals surface area contributed by atoms with Crippen LogP contribution < -0.4 is 10.1 Å². The van der Waals surface area contributed by atoms with Gasteiger partial charge in [0.15, 0.2) is 0 Å². The van der Waals surface area contributed by atoms with E-state index in [4.69, 9.17) is 4.74 Å². The highest BCUT2D eigenvalue weighted by Crippen LogP contribution is 2.39. The van der Waals surface area contributed by atoms with Crippen LogP contribution in [0.1, 0.15) is 28.0 Å². The Kier molecular flexibility index (Phi) is 5.71. The summed E-state index contributed by atoms with van der Waals surface area (Å²) >= 11 is 1.44. The molecule has 2 aromatic rings. The van der Waals surface area contributed by atoms with Gasteiger partial charge in [-0.05, 0) is 42.9 Å². The molecule has 134 valence electrons. The van der Waals surface area contributed by atoms with Crippen molar-refractivity contribution in [2.24, 2.45) is 5.92 Å². The van der Waals surface area contributed by atoms with Crippen LogP contribution in [0.3, 0.4) is 0 Å². The molecule has 1 atom stereocenters. The molecule has 6 heteroatoms. The van der Waals surface area contributed by atoms with Crippen LogP contribution in [-0.2, 0) is 17.6 Å². The van der Waals surface area contributed by atoms with Crippen molar-refractivity contribution in [3.63, 3.8) is 0 Å². The zero-order chi connectivity index (χ0) is 18.5. The number of aliphatic hydroxyl groups excluding tert-OH is 1. The SMILES string of the molecule is COc1ccccc1/C=C/C(=O)Nc1sc2c(c1C#N)CCC(CO)C2.